The predicted molar refractivity (Wildman–Crippen MR) is 117 cm³/mol. The number of ether oxygens (including phenoxy) is 3. The number of hydrogen-bond donors (Lipinski definition) is 0. The van der Waals surface area contributed by atoms with E-state index in [2.05, 4.69) is 0 Å². The van der Waals surface area contributed by atoms with E-state index in [9.17, 15) is 27.6 Å². The number of carbonyl (C=O) groups excluding carboxylic acids is 3. The zero-order chi connectivity index (χ0) is 25.4. The summed E-state index contributed by atoms with van der Waals surface area (Å²) in [5.41, 5.74) is -2.49. The van der Waals surface area contributed by atoms with Gasteiger partial charge in [0.15, 0.2) is 5.41 Å². The highest BCUT2D eigenvalue weighted by molar-refractivity contribution is 6.28. The fourth-order valence-corrected chi connectivity index (χ4v) is 3.63. The van der Waals surface area contributed by atoms with Crippen molar-refractivity contribution >= 4 is 23.7 Å². The molecule has 3 aromatic rings. The molecule has 0 N–H and O–H groups in total. The van der Waals surface area contributed by atoms with E-state index >= 15 is 0 Å². The number of anilines is 1. The standard InChI is InChI=1S/C25H18F3NO6/c1-24(22(31)34-17-13-11-16(33-2)12-14-17)19-5-3-4-6-20(19)29(21(24)30)23(32)35-18-9-7-15(8-10-18)25(26,27)28/h3-14H,1-2H3/t24-/m1/s1. The van der Waals surface area contributed by atoms with Gasteiger partial charge < -0.3 is 14.2 Å². The average molecular weight is 485 g/mol. The molecule has 0 saturated carbocycles. The number of alkyl halides is 3. The lowest BCUT2D eigenvalue weighted by molar-refractivity contribution is -0.145. The predicted octanol–water partition coefficient (Wildman–Crippen LogP) is 5.12. The molecule has 4 rings (SSSR count). The number of benzene rings is 3. The molecule has 1 heterocycles. The Morgan fingerprint density at radius 1 is 0.829 bits per heavy atom. The number of methoxy groups -OCH3 is 1. The average Bonchev–Trinajstić information content (AvgIpc) is 3.07. The number of nitrogens with zero attached hydrogens (tertiary/aromatic N) is 1. The van der Waals surface area contributed by atoms with Gasteiger partial charge in [-0.05, 0) is 61.5 Å². The summed E-state index contributed by atoms with van der Waals surface area (Å²) in [4.78, 5) is 40.1. The van der Waals surface area contributed by atoms with Gasteiger partial charge in [-0.1, -0.05) is 18.2 Å². The zero-order valence-electron chi connectivity index (χ0n) is 18.5. The van der Waals surface area contributed by atoms with Crippen molar-refractivity contribution in [3.05, 3.63) is 83.9 Å². The summed E-state index contributed by atoms with van der Waals surface area (Å²) in [7, 11) is 1.48. The van der Waals surface area contributed by atoms with Crippen LogP contribution < -0.4 is 19.1 Å². The van der Waals surface area contributed by atoms with Crippen molar-refractivity contribution in [2.24, 2.45) is 0 Å². The lowest BCUT2D eigenvalue weighted by Gasteiger charge is -2.21. The minimum absolute atomic E-state index is 0.101. The largest absolute Gasteiger partial charge is 0.497 e. The molecular weight excluding hydrogens is 467 g/mol. The molecule has 0 bridgehead atoms. The van der Waals surface area contributed by atoms with Crippen LogP contribution in [0.2, 0.25) is 0 Å². The lowest BCUT2D eigenvalue weighted by Crippen LogP contribution is -2.48. The van der Waals surface area contributed by atoms with Crippen LogP contribution in [-0.2, 0) is 21.2 Å². The SMILES string of the molecule is COc1ccc(OC(=O)[C@@]2(C)C(=O)N(C(=O)Oc3ccc(C(F)(F)F)cc3)c3ccccc32)cc1. The molecule has 0 radical (unpaired) electrons. The van der Waals surface area contributed by atoms with Gasteiger partial charge in [-0.15, -0.1) is 0 Å². The number of esters is 1. The second-order valence-corrected chi connectivity index (χ2v) is 7.74. The monoisotopic (exact) mass is 485 g/mol. The molecule has 0 fully saturated rings. The highest BCUT2D eigenvalue weighted by Crippen LogP contribution is 2.43. The van der Waals surface area contributed by atoms with Gasteiger partial charge in [0.25, 0.3) is 5.91 Å². The summed E-state index contributed by atoms with van der Waals surface area (Å²) in [6, 6.07) is 15.7. The number of para-hydroxylation sites is 1. The fourth-order valence-electron chi connectivity index (χ4n) is 3.63. The third kappa shape index (κ3) is 4.30. The molecule has 1 aliphatic rings. The Morgan fingerprint density at radius 3 is 1.97 bits per heavy atom. The Labute approximate surface area is 197 Å². The molecule has 0 unspecified atom stereocenters. The van der Waals surface area contributed by atoms with Crippen LogP contribution in [0.3, 0.4) is 0 Å². The van der Waals surface area contributed by atoms with Crippen molar-refractivity contribution in [1.29, 1.82) is 0 Å². The van der Waals surface area contributed by atoms with E-state index in [0.717, 1.165) is 24.3 Å². The first-order valence-electron chi connectivity index (χ1n) is 10.2. The molecule has 0 aliphatic carbocycles. The number of fused-ring (bicyclic) bond motifs is 1. The van der Waals surface area contributed by atoms with E-state index in [0.29, 0.717) is 10.6 Å². The Balaban J connectivity index is 1.60. The molecular formula is C25H18F3NO6. The third-order valence-electron chi connectivity index (χ3n) is 5.56. The summed E-state index contributed by atoms with van der Waals surface area (Å²) in [6.07, 6.45) is -5.73. The smallest absolute Gasteiger partial charge is 0.426 e. The van der Waals surface area contributed by atoms with E-state index in [1.165, 1.54) is 38.3 Å². The van der Waals surface area contributed by atoms with E-state index in [-0.39, 0.29) is 22.7 Å². The number of carbonyl (C=O) groups is 3. The molecule has 1 atom stereocenters. The number of amides is 2. The van der Waals surface area contributed by atoms with Gasteiger partial charge in [0.1, 0.15) is 17.2 Å². The summed E-state index contributed by atoms with van der Waals surface area (Å²) >= 11 is 0. The van der Waals surface area contributed by atoms with Crippen molar-refractivity contribution in [3.8, 4) is 17.2 Å². The molecule has 0 saturated heterocycles. The van der Waals surface area contributed by atoms with Gasteiger partial charge in [-0.3, -0.25) is 9.59 Å². The highest BCUT2D eigenvalue weighted by Gasteiger charge is 2.56. The van der Waals surface area contributed by atoms with E-state index in [1.807, 2.05) is 0 Å². The number of rotatable bonds is 4. The molecule has 0 aromatic heterocycles. The molecule has 0 spiro atoms. The van der Waals surface area contributed by atoms with Crippen LogP contribution >= 0.6 is 0 Å². The maximum atomic E-state index is 13.4. The number of halogens is 3. The Kier molecular flexibility index (Phi) is 5.98. The first-order chi connectivity index (χ1) is 16.6. The quantitative estimate of drug-likeness (QED) is 0.290. The van der Waals surface area contributed by atoms with Crippen LogP contribution in [-0.4, -0.2) is 25.1 Å². The van der Waals surface area contributed by atoms with Gasteiger partial charge in [-0.25, -0.2) is 9.69 Å². The fraction of sp³-hybridized carbons (Fsp3) is 0.160. The first-order valence-corrected chi connectivity index (χ1v) is 10.2. The Morgan fingerprint density at radius 2 is 1.37 bits per heavy atom. The molecule has 10 heteroatoms. The topological polar surface area (TPSA) is 82.1 Å². The van der Waals surface area contributed by atoms with Crippen molar-refractivity contribution in [2.45, 2.75) is 18.5 Å². The second-order valence-electron chi connectivity index (χ2n) is 7.74. The molecule has 1 aliphatic heterocycles. The van der Waals surface area contributed by atoms with Crippen molar-refractivity contribution < 1.29 is 41.8 Å². The van der Waals surface area contributed by atoms with E-state index in [4.69, 9.17) is 14.2 Å². The summed E-state index contributed by atoms with van der Waals surface area (Å²) in [5.74, 6) is -1.36. The van der Waals surface area contributed by atoms with E-state index < -0.39 is 35.1 Å². The molecule has 3 aromatic carbocycles. The van der Waals surface area contributed by atoms with Gasteiger partial charge in [0, 0.05) is 5.56 Å². The van der Waals surface area contributed by atoms with E-state index in [1.54, 1.807) is 24.3 Å². The molecule has 2 amide bonds. The van der Waals surface area contributed by atoms with Crippen molar-refractivity contribution in [2.75, 3.05) is 12.0 Å². The Bertz CT molecular complexity index is 1290. The normalized spacial score (nSPS) is 17.1. The maximum absolute atomic E-state index is 13.4. The van der Waals surface area contributed by atoms with Crippen molar-refractivity contribution in [3.63, 3.8) is 0 Å². The number of imide groups is 1. The molecule has 180 valence electrons. The summed E-state index contributed by atoms with van der Waals surface area (Å²) < 4.78 is 54.0. The van der Waals surface area contributed by atoms with Gasteiger partial charge in [0.05, 0.1) is 18.4 Å². The van der Waals surface area contributed by atoms with Crippen LogP contribution in [0.5, 0.6) is 17.2 Å². The third-order valence-corrected chi connectivity index (χ3v) is 5.56. The molecule has 35 heavy (non-hydrogen) atoms. The first kappa shape index (κ1) is 23.8. The van der Waals surface area contributed by atoms with Gasteiger partial charge in [0.2, 0.25) is 0 Å². The second kappa shape index (κ2) is 8.79. The van der Waals surface area contributed by atoms with Crippen LogP contribution in [0.25, 0.3) is 0 Å². The minimum Gasteiger partial charge on any atom is -0.497 e. The highest BCUT2D eigenvalue weighted by atomic mass is 19.4. The lowest BCUT2D eigenvalue weighted by atomic mass is 9.84. The van der Waals surface area contributed by atoms with Crippen molar-refractivity contribution in [1.82, 2.24) is 0 Å². The summed E-state index contributed by atoms with van der Waals surface area (Å²) in [5, 5.41) is 0. The Hall–Kier alpha value is -4.34. The zero-order valence-corrected chi connectivity index (χ0v) is 18.5. The van der Waals surface area contributed by atoms with Crippen LogP contribution in [0.4, 0.5) is 23.7 Å². The van der Waals surface area contributed by atoms with Crippen LogP contribution in [0, 0.1) is 0 Å². The van der Waals surface area contributed by atoms with Crippen LogP contribution in [0.1, 0.15) is 18.1 Å². The maximum Gasteiger partial charge on any atom is 0.426 e. The minimum atomic E-state index is -4.56. The van der Waals surface area contributed by atoms with Gasteiger partial charge in [-0.2, -0.15) is 13.2 Å². The van der Waals surface area contributed by atoms with Crippen LogP contribution in [0.15, 0.2) is 72.8 Å². The number of hydrogen-bond acceptors (Lipinski definition) is 6. The van der Waals surface area contributed by atoms with Gasteiger partial charge >= 0.3 is 18.2 Å². The molecule has 7 nitrogen and oxygen atoms in total. The summed E-state index contributed by atoms with van der Waals surface area (Å²) in [6.45, 7) is 1.32.